The minimum atomic E-state index is -4.52. The van der Waals surface area contributed by atoms with Crippen LogP contribution in [0, 0.1) is 0 Å². The van der Waals surface area contributed by atoms with E-state index >= 15 is 0 Å². The Hall–Kier alpha value is -2.61. The zero-order valence-electron chi connectivity index (χ0n) is 12.9. The molecule has 0 spiro atoms. The first-order chi connectivity index (χ1) is 11.8. The zero-order chi connectivity index (χ0) is 18.2. The van der Waals surface area contributed by atoms with Gasteiger partial charge in [-0.25, -0.2) is 9.97 Å². The smallest absolute Gasteiger partial charge is 0.305 e. The van der Waals surface area contributed by atoms with Gasteiger partial charge in [0.2, 0.25) is 0 Å². The monoisotopic (exact) mass is 368 g/mol. The minimum Gasteiger partial charge on any atom is -0.305 e. The Bertz CT molecular complexity index is 935. The fraction of sp³-hybridized carbons (Fsp3) is 0.188. The van der Waals surface area contributed by atoms with E-state index in [1.54, 1.807) is 13.0 Å². The van der Waals surface area contributed by atoms with E-state index in [0.29, 0.717) is 17.1 Å². The van der Waals surface area contributed by atoms with E-state index in [1.165, 1.54) is 18.3 Å². The summed E-state index contributed by atoms with van der Waals surface area (Å²) in [6.07, 6.45) is -1.91. The number of imidazole rings is 1. The van der Waals surface area contributed by atoms with Gasteiger partial charge in [0, 0.05) is 12.4 Å². The third-order valence-electron chi connectivity index (χ3n) is 3.54. The van der Waals surface area contributed by atoms with Gasteiger partial charge in [0.15, 0.2) is 0 Å². The number of alkyl halides is 3. The number of aromatic nitrogens is 3. The van der Waals surface area contributed by atoms with Crippen LogP contribution in [0.25, 0.3) is 5.65 Å². The fourth-order valence-electron chi connectivity index (χ4n) is 2.37. The number of rotatable bonds is 3. The van der Waals surface area contributed by atoms with Gasteiger partial charge in [-0.15, -0.1) is 0 Å². The summed E-state index contributed by atoms with van der Waals surface area (Å²) in [5.41, 5.74) is -0.163. The van der Waals surface area contributed by atoms with Crippen molar-refractivity contribution in [3.63, 3.8) is 0 Å². The number of halogens is 4. The Morgan fingerprint density at radius 3 is 2.64 bits per heavy atom. The summed E-state index contributed by atoms with van der Waals surface area (Å²) in [6, 6.07) is 5.21. The third-order valence-corrected chi connectivity index (χ3v) is 3.76. The second-order valence-corrected chi connectivity index (χ2v) is 5.66. The highest BCUT2D eigenvalue weighted by Gasteiger charge is 2.31. The van der Waals surface area contributed by atoms with E-state index in [-0.39, 0.29) is 17.2 Å². The van der Waals surface area contributed by atoms with Gasteiger partial charge < -0.3 is 5.32 Å². The van der Waals surface area contributed by atoms with E-state index in [0.717, 1.165) is 16.7 Å². The molecule has 0 unspecified atom stereocenters. The summed E-state index contributed by atoms with van der Waals surface area (Å²) in [5.74, 6) is -0.364. The van der Waals surface area contributed by atoms with Crippen LogP contribution in [-0.4, -0.2) is 20.3 Å². The van der Waals surface area contributed by atoms with Crippen molar-refractivity contribution < 1.29 is 18.0 Å². The fourth-order valence-corrected chi connectivity index (χ4v) is 2.49. The predicted molar refractivity (Wildman–Crippen MR) is 86.8 cm³/mol. The van der Waals surface area contributed by atoms with Crippen LogP contribution in [0.4, 0.5) is 19.0 Å². The molecule has 0 atom stereocenters. The summed E-state index contributed by atoms with van der Waals surface area (Å²) in [4.78, 5) is 20.8. The van der Waals surface area contributed by atoms with Crippen molar-refractivity contribution in [3.8, 4) is 0 Å². The van der Waals surface area contributed by atoms with Gasteiger partial charge >= 0.3 is 6.18 Å². The molecular weight excluding hydrogens is 357 g/mol. The Balaban J connectivity index is 2.06. The number of carbonyl (C=O) groups is 1. The maximum atomic E-state index is 13.0. The first kappa shape index (κ1) is 17.2. The van der Waals surface area contributed by atoms with Crippen LogP contribution in [0.15, 0.2) is 36.7 Å². The molecule has 130 valence electrons. The summed E-state index contributed by atoms with van der Waals surface area (Å²) in [6.45, 7) is 1.77. The molecule has 0 aliphatic carbocycles. The topological polar surface area (TPSA) is 59.3 Å². The van der Waals surface area contributed by atoms with Crippen LogP contribution >= 0.6 is 11.6 Å². The standard InChI is InChI=1S/C16H12ClF3N4O/c1-2-11-14(15(25)23-12-5-4-10(17)7-21-12)24-8-9(16(18,19)20)3-6-13(24)22-11/h3-8H,2H2,1H3,(H,21,23,25). The number of carbonyl (C=O) groups excluding carboxylic acids is 1. The molecule has 3 rings (SSSR count). The van der Waals surface area contributed by atoms with Gasteiger partial charge in [0.05, 0.1) is 16.3 Å². The largest absolute Gasteiger partial charge is 0.417 e. The van der Waals surface area contributed by atoms with Crippen LogP contribution in [0.2, 0.25) is 5.02 Å². The Kier molecular flexibility index (Phi) is 4.38. The van der Waals surface area contributed by atoms with E-state index in [9.17, 15) is 18.0 Å². The van der Waals surface area contributed by atoms with E-state index in [1.807, 2.05) is 0 Å². The van der Waals surface area contributed by atoms with Gasteiger partial charge in [-0.05, 0) is 30.7 Å². The summed E-state index contributed by atoms with van der Waals surface area (Å²) >= 11 is 5.74. The van der Waals surface area contributed by atoms with Gasteiger partial charge in [0.25, 0.3) is 5.91 Å². The molecule has 0 fully saturated rings. The van der Waals surface area contributed by atoms with Gasteiger partial charge in [-0.2, -0.15) is 13.2 Å². The van der Waals surface area contributed by atoms with Crippen molar-refractivity contribution in [1.29, 1.82) is 0 Å². The number of amides is 1. The first-order valence-electron chi connectivity index (χ1n) is 7.30. The maximum Gasteiger partial charge on any atom is 0.417 e. The molecule has 3 aromatic rings. The summed E-state index contributed by atoms with van der Waals surface area (Å²) in [5, 5.41) is 2.95. The number of fused-ring (bicyclic) bond motifs is 1. The molecule has 0 radical (unpaired) electrons. The lowest BCUT2D eigenvalue weighted by molar-refractivity contribution is -0.137. The molecule has 0 saturated heterocycles. The quantitative estimate of drug-likeness (QED) is 0.753. The molecule has 5 nitrogen and oxygen atoms in total. The molecule has 0 saturated carbocycles. The molecule has 3 aromatic heterocycles. The second-order valence-electron chi connectivity index (χ2n) is 5.22. The Morgan fingerprint density at radius 1 is 1.28 bits per heavy atom. The van der Waals surface area contributed by atoms with Crippen molar-refractivity contribution in [1.82, 2.24) is 14.4 Å². The highest BCUT2D eigenvalue weighted by atomic mass is 35.5. The molecule has 0 bridgehead atoms. The van der Waals surface area contributed by atoms with Crippen molar-refractivity contribution in [2.45, 2.75) is 19.5 Å². The molecule has 1 N–H and O–H groups in total. The number of nitrogens with zero attached hydrogens (tertiary/aromatic N) is 3. The van der Waals surface area contributed by atoms with Crippen molar-refractivity contribution in [3.05, 3.63) is 58.6 Å². The second kappa shape index (κ2) is 6.36. The average Bonchev–Trinajstić information content (AvgIpc) is 2.94. The number of pyridine rings is 2. The lowest BCUT2D eigenvalue weighted by atomic mass is 10.2. The van der Waals surface area contributed by atoms with Gasteiger partial charge in [0.1, 0.15) is 17.2 Å². The lowest BCUT2D eigenvalue weighted by Gasteiger charge is -2.09. The number of hydrogen-bond donors (Lipinski definition) is 1. The average molecular weight is 369 g/mol. The molecule has 9 heteroatoms. The number of aryl methyl sites for hydroxylation is 1. The van der Waals surface area contributed by atoms with Crippen molar-refractivity contribution >= 4 is 29.0 Å². The molecule has 0 aliphatic heterocycles. The van der Waals surface area contributed by atoms with E-state index in [4.69, 9.17) is 11.6 Å². The minimum absolute atomic E-state index is 0.0420. The van der Waals surface area contributed by atoms with Crippen molar-refractivity contribution in [2.75, 3.05) is 5.32 Å². The highest BCUT2D eigenvalue weighted by molar-refractivity contribution is 6.30. The summed E-state index contributed by atoms with van der Waals surface area (Å²) < 4.78 is 40.0. The highest BCUT2D eigenvalue weighted by Crippen LogP contribution is 2.30. The number of anilines is 1. The Morgan fingerprint density at radius 2 is 2.04 bits per heavy atom. The summed E-state index contributed by atoms with van der Waals surface area (Å²) in [7, 11) is 0. The van der Waals surface area contributed by atoms with Crippen LogP contribution in [-0.2, 0) is 12.6 Å². The van der Waals surface area contributed by atoms with Gasteiger partial charge in [-0.1, -0.05) is 18.5 Å². The molecule has 0 aromatic carbocycles. The number of nitrogens with one attached hydrogen (secondary N) is 1. The van der Waals surface area contributed by atoms with E-state index < -0.39 is 17.6 Å². The number of hydrogen-bond acceptors (Lipinski definition) is 3. The lowest BCUT2D eigenvalue weighted by Crippen LogP contribution is -2.17. The van der Waals surface area contributed by atoms with Crippen LogP contribution in [0.5, 0.6) is 0 Å². The van der Waals surface area contributed by atoms with E-state index in [2.05, 4.69) is 15.3 Å². The maximum absolute atomic E-state index is 13.0. The normalized spacial score (nSPS) is 11.7. The van der Waals surface area contributed by atoms with Crippen LogP contribution in [0.1, 0.15) is 28.7 Å². The molecule has 1 amide bonds. The zero-order valence-corrected chi connectivity index (χ0v) is 13.7. The molecule has 25 heavy (non-hydrogen) atoms. The van der Waals surface area contributed by atoms with Crippen LogP contribution in [0.3, 0.4) is 0 Å². The van der Waals surface area contributed by atoms with Crippen LogP contribution < -0.4 is 5.32 Å². The third kappa shape index (κ3) is 3.43. The SMILES string of the molecule is CCc1nc2ccc(C(F)(F)F)cn2c1C(=O)Nc1ccc(Cl)cn1. The molecule has 0 aliphatic rings. The molecule has 3 heterocycles. The Labute approximate surface area is 145 Å². The predicted octanol–water partition coefficient (Wildman–Crippen LogP) is 4.22. The first-order valence-corrected chi connectivity index (χ1v) is 7.68. The van der Waals surface area contributed by atoms with Gasteiger partial charge in [-0.3, -0.25) is 9.20 Å². The van der Waals surface area contributed by atoms with Crippen molar-refractivity contribution in [2.24, 2.45) is 0 Å². The molecular formula is C16H12ClF3N4O.